The van der Waals surface area contributed by atoms with E-state index in [0.29, 0.717) is 24.4 Å². The van der Waals surface area contributed by atoms with Gasteiger partial charge in [0.1, 0.15) is 0 Å². The first kappa shape index (κ1) is 15.6. The van der Waals surface area contributed by atoms with E-state index in [1.54, 1.807) is 17.9 Å². The van der Waals surface area contributed by atoms with Gasteiger partial charge in [-0.05, 0) is 38.0 Å². The van der Waals surface area contributed by atoms with E-state index in [0.717, 1.165) is 18.6 Å². The third kappa shape index (κ3) is 3.09. The van der Waals surface area contributed by atoms with Crippen LogP contribution in [0, 0.1) is 6.92 Å². The number of nitrogens with zero attached hydrogens (tertiary/aromatic N) is 2. The fraction of sp³-hybridized carbons (Fsp3) is 0.375. The molecule has 2 heterocycles. The lowest BCUT2D eigenvalue weighted by Crippen LogP contribution is -2.30. The summed E-state index contributed by atoms with van der Waals surface area (Å²) in [6.07, 6.45) is -2.99. The Labute approximate surface area is 130 Å². The third-order valence-electron chi connectivity index (χ3n) is 3.93. The van der Waals surface area contributed by atoms with Crippen molar-refractivity contribution in [3.05, 3.63) is 52.9 Å². The predicted molar refractivity (Wildman–Crippen MR) is 75.7 cm³/mol. The molecule has 3 rings (SSSR count). The number of hydrogen-bond acceptors (Lipinski definition) is 3. The molecule has 2 aromatic rings. The van der Waals surface area contributed by atoms with Gasteiger partial charge in [-0.1, -0.05) is 11.2 Å². The zero-order valence-corrected chi connectivity index (χ0v) is 12.4. The van der Waals surface area contributed by atoms with E-state index in [2.05, 4.69) is 5.16 Å². The molecule has 0 aliphatic carbocycles. The molecule has 1 aromatic carbocycles. The van der Waals surface area contributed by atoms with Crippen LogP contribution in [0.3, 0.4) is 0 Å². The van der Waals surface area contributed by atoms with Crippen molar-refractivity contribution in [3.63, 3.8) is 0 Å². The summed E-state index contributed by atoms with van der Waals surface area (Å²) in [6, 6.07) is 5.97. The number of hydrogen-bond donors (Lipinski definition) is 0. The molecule has 1 amide bonds. The molecule has 0 unspecified atom stereocenters. The molecule has 1 saturated heterocycles. The number of benzene rings is 1. The van der Waals surface area contributed by atoms with Crippen molar-refractivity contribution in [3.8, 4) is 0 Å². The maximum atomic E-state index is 12.8. The van der Waals surface area contributed by atoms with Crippen LogP contribution in [0.1, 0.15) is 46.3 Å². The topological polar surface area (TPSA) is 46.3 Å². The first-order chi connectivity index (χ1) is 10.9. The monoisotopic (exact) mass is 324 g/mol. The number of halogens is 3. The largest absolute Gasteiger partial charge is 0.416 e. The Hall–Kier alpha value is -2.31. The molecule has 23 heavy (non-hydrogen) atoms. The van der Waals surface area contributed by atoms with Gasteiger partial charge in [-0.25, -0.2) is 0 Å². The number of alkyl halides is 3. The number of carbonyl (C=O) groups excluding carboxylic acids is 1. The van der Waals surface area contributed by atoms with Crippen LogP contribution < -0.4 is 0 Å². The van der Waals surface area contributed by atoms with Crippen molar-refractivity contribution in [1.29, 1.82) is 0 Å². The number of aryl methyl sites for hydroxylation is 1. The summed E-state index contributed by atoms with van der Waals surface area (Å²) < 4.78 is 43.6. The fourth-order valence-corrected chi connectivity index (χ4v) is 2.84. The average Bonchev–Trinajstić information content (AvgIpc) is 3.14. The summed E-state index contributed by atoms with van der Waals surface area (Å²) in [6.45, 7) is 2.26. The normalized spacial score (nSPS) is 18.4. The molecule has 1 aliphatic rings. The van der Waals surface area contributed by atoms with E-state index in [1.165, 1.54) is 12.1 Å². The zero-order chi connectivity index (χ0) is 16.6. The third-order valence-corrected chi connectivity index (χ3v) is 3.93. The highest BCUT2D eigenvalue weighted by Crippen LogP contribution is 2.34. The summed E-state index contributed by atoms with van der Waals surface area (Å²) in [5, 5.41) is 3.81. The molecule has 1 aromatic heterocycles. The van der Waals surface area contributed by atoms with E-state index < -0.39 is 17.6 Å². The minimum atomic E-state index is -4.47. The summed E-state index contributed by atoms with van der Waals surface area (Å²) >= 11 is 0. The van der Waals surface area contributed by atoms with Gasteiger partial charge in [0.05, 0.1) is 17.3 Å². The van der Waals surface area contributed by atoms with E-state index in [9.17, 15) is 18.0 Å². The minimum absolute atomic E-state index is 0.0305. The smallest absolute Gasteiger partial charge is 0.359 e. The molecule has 0 bridgehead atoms. The lowest BCUT2D eigenvalue weighted by atomic mass is 10.1. The number of rotatable bonds is 2. The van der Waals surface area contributed by atoms with Crippen molar-refractivity contribution in [2.24, 2.45) is 0 Å². The Morgan fingerprint density at radius 2 is 2.13 bits per heavy atom. The molecule has 0 saturated carbocycles. The van der Waals surface area contributed by atoms with Crippen molar-refractivity contribution in [2.45, 2.75) is 32.0 Å². The molecule has 7 heteroatoms. The second kappa shape index (κ2) is 5.72. The van der Waals surface area contributed by atoms with Crippen LogP contribution in [0.2, 0.25) is 0 Å². The molecule has 0 spiro atoms. The molecule has 0 N–H and O–H groups in total. The van der Waals surface area contributed by atoms with Crippen molar-refractivity contribution in [2.75, 3.05) is 6.54 Å². The summed E-state index contributed by atoms with van der Waals surface area (Å²) in [7, 11) is 0. The number of aromatic nitrogens is 1. The minimum Gasteiger partial charge on any atom is -0.359 e. The van der Waals surface area contributed by atoms with Crippen molar-refractivity contribution in [1.82, 2.24) is 10.1 Å². The van der Waals surface area contributed by atoms with E-state index >= 15 is 0 Å². The molecule has 0 radical (unpaired) electrons. The van der Waals surface area contributed by atoms with Crippen molar-refractivity contribution < 1.29 is 22.5 Å². The van der Waals surface area contributed by atoms with Crippen molar-refractivity contribution >= 4 is 5.91 Å². The number of likely N-dealkylation sites (tertiary alicyclic amines) is 1. The summed E-state index contributed by atoms with van der Waals surface area (Å²) in [5.74, 6) is 0.146. The van der Waals surface area contributed by atoms with Gasteiger partial charge in [0, 0.05) is 18.2 Å². The van der Waals surface area contributed by atoms with Gasteiger partial charge >= 0.3 is 6.18 Å². The van der Waals surface area contributed by atoms with E-state index in [1.807, 2.05) is 0 Å². The van der Waals surface area contributed by atoms with Gasteiger partial charge in [-0.15, -0.1) is 0 Å². The van der Waals surface area contributed by atoms with Gasteiger partial charge < -0.3 is 9.42 Å². The predicted octanol–water partition coefficient (Wildman–Crippen LogP) is 3.98. The number of amides is 1. The average molecular weight is 324 g/mol. The van der Waals surface area contributed by atoms with Crippen LogP contribution in [0.4, 0.5) is 13.2 Å². The molecule has 1 fully saturated rings. The quantitative estimate of drug-likeness (QED) is 0.839. The van der Waals surface area contributed by atoms with Crippen LogP contribution in [0.25, 0.3) is 0 Å². The Morgan fingerprint density at radius 3 is 2.78 bits per heavy atom. The molecule has 1 atom stereocenters. The van der Waals surface area contributed by atoms with E-state index in [-0.39, 0.29) is 11.6 Å². The Balaban J connectivity index is 1.87. The van der Waals surface area contributed by atoms with Gasteiger partial charge in [0.15, 0.2) is 5.76 Å². The maximum absolute atomic E-state index is 12.8. The Bertz CT molecular complexity index is 724. The Morgan fingerprint density at radius 1 is 1.35 bits per heavy atom. The van der Waals surface area contributed by atoms with E-state index in [4.69, 9.17) is 4.52 Å². The second-order valence-electron chi connectivity index (χ2n) is 5.61. The molecule has 4 nitrogen and oxygen atoms in total. The Kier molecular flexibility index (Phi) is 3.87. The summed E-state index contributed by atoms with van der Waals surface area (Å²) in [4.78, 5) is 14.2. The first-order valence-electron chi connectivity index (χ1n) is 7.28. The van der Waals surface area contributed by atoms with Gasteiger partial charge in [0.25, 0.3) is 5.91 Å². The molecule has 1 aliphatic heterocycles. The lowest BCUT2D eigenvalue weighted by Gasteiger charge is -2.23. The lowest BCUT2D eigenvalue weighted by molar-refractivity contribution is -0.137. The molecular formula is C16H15F3N2O2. The van der Waals surface area contributed by atoms with Crippen LogP contribution in [-0.4, -0.2) is 22.5 Å². The fourth-order valence-electron chi connectivity index (χ4n) is 2.84. The molecule has 122 valence electrons. The highest BCUT2D eigenvalue weighted by Gasteiger charge is 2.35. The highest BCUT2D eigenvalue weighted by atomic mass is 19.4. The highest BCUT2D eigenvalue weighted by molar-refractivity contribution is 5.94. The number of carbonyl (C=O) groups is 1. The van der Waals surface area contributed by atoms with Crippen LogP contribution in [0.5, 0.6) is 0 Å². The zero-order valence-electron chi connectivity index (χ0n) is 12.4. The molecular weight excluding hydrogens is 309 g/mol. The van der Waals surface area contributed by atoms with Gasteiger partial charge in [-0.2, -0.15) is 13.2 Å². The first-order valence-corrected chi connectivity index (χ1v) is 7.28. The van der Waals surface area contributed by atoms with Crippen LogP contribution in [0.15, 0.2) is 34.9 Å². The van der Waals surface area contributed by atoms with Crippen LogP contribution >= 0.6 is 0 Å². The summed E-state index contributed by atoms with van der Waals surface area (Å²) in [5.41, 5.74) is -0.0871. The van der Waals surface area contributed by atoms with Gasteiger partial charge in [0.2, 0.25) is 0 Å². The maximum Gasteiger partial charge on any atom is 0.416 e. The van der Waals surface area contributed by atoms with Crippen LogP contribution in [-0.2, 0) is 6.18 Å². The standard InChI is InChI=1S/C16H15F3N2O2/c1-10-8-14(23-20-10)13-6-3-7-21(13)15(22)11-4-2-5-12(9-11)16(17,18)19/h2,4-5,8-9,13H,3,6-7H2,1H3/t13-/m0/s1. The van der Waals surface area contributed by atoms with Gasteiger partial charge in [-0.3, -0.25) is 4.79 Å². The second-order valence-corrected chi connectivity index (χ2v) is 5.61. The SMILES string of the molecule is Cc1cc([C@@H]2CCCN2C(=O)c2cccc(C(F)(F)F)c2)on1.